The average molecular weight is 263 g/mol. The van der Waals surface area contributed by atoms with Crippen molar-refractivity contribution in [3.05, 3.63) is 0 Å². The molecule has 18 heavy (non-hydrogen) atoms. The summed E-state index contributed by atoms with van der Waals surface area (Å²) in [6.45, 7) is 0.0189. The summed E-state index contributed by atoms with van der Waals surface area (Å²) in [5.74, 6) is -0.254. The largest absolute Gasteiger partial charge is 0.401 e. The molecule has 1 rings (SSSR count). The number of amides is 1. The van der Waals surface area contributed by atoms with Gasteiger partial charge in [0, 0.05) is 13.1 Å². The maximum absolute atomic E-state index is 12.0. The number of alkyl halides is 3. The molecule has 1 aliphatic heterocycles. The molecule has 1 unspecified atom stereocenters. The highest BCUT2D eigenvalue weighted by Crippen LogP contribution is 2.14. The first-order valence-corrected chi connectivity index (χ1v) is 5.90. The number of carbonyl (C=O) groups is 1. The van der Waals surface area contributed by atoms with Crippen LogP contribution in [0.2, 0.25) is 0 Å². The molecule has 0 spiro atoms. The smallest absolute Gasteiger partial charge is 0.343 e. The van der Waals surface area contributed by atoms with Crippen LogP contribution < -0.4 is 5.32 Å². The lowest BCUT2D eigenvalue weighted by atomic mass is 10.1. The van der Waals surface area contributed by atoms with E-state index in [9.17, 15) is 18.0 Å². The Bertz CT molecular complexity index is 318. The Kier molecular flexibility index (Phi) is 5.41. The van der Waals surface area contributed by atoms with E-state index in [1.165, 1.54) is 0 Å². The second-order valence-corrected chi connectivity index (χ2v) is 4.32. The summed E-state index contributed by atoms with van der Waals surface area (Å²) in [5.41, 5.74) is 0. The summed E-state index contributed by atoms with van der Waals surface area (Å²) in [6.07, 6.45) is -1.68. The zero-order valence-electron chi connectivity index (χ0n) is 9.96. The van der Waals surface area contributed by atoms with Gasteiger partial charge in [-0.3, -0.25) is 10.1 Å². The van der Waals surface area contributed by atoms with Crippen LogP contribution in [0.15, 0.2) is 0 Å². The molecule has 1 atom stereocenters. The molecule has 0 aromatic carbocycles. The van der Waals surface area contributed by atoms with Gasteiger partial charge in [-0.25, -0.2) is 0 Å². The minimum atomic E-state index is -4.37. The highest BCUT2D eigenvalue weighted by Gasteiger charge is 2.29. The van der Waals surface area contributed by atoms with Gasteiger partial charge in [0.15, 0.2) is 0 Å². The molecule has 7 heteroatoms. The van der Waals surface area contributed by atoms with Crippen LogP contribution in [0.5, 0.6) is 0 Å². The molecular formula is C11H16F3N3O. The molecule has 102 valence electrons. The van der Waals surface area contributed by atoms with Gasteiger partial charge in [0.1, 0.15) is 6.04 Å². The quantitative estimate of drug-likeness (QED) is 0.834. The number of nitrogens with zero attached hydrogens (tertiary/aromatic N) is 2. The molecule has 0 bridgehead atoms. The van der Waals surface area contributed by atoms with E-state index in [0.29, 0.717) is 13.1 Å². The number of halogens is 3. The van der Waals surface area contributed by atoms with Crippen LogP contribution in [0.4, 0.5) is 13.2 Å². The molecule has 1 amide bonds. The third-order valence-corrected chi connectivity index (χ3v) is 2.79. The number of nitriles is 1. The van der Waals surface area contributed by atoms with E-state index < -0.39 is 18.8 Å². The van der Waals surface area contributed by atoms with E-state index in [-0.39, 0.29) is 12.3 Å². The van der Waals surface area contributed by atoms with Crippen LogP contribution in [0, 0.1) is 11.3 Å². The van der Waals surface area contributed by atoms with Crippen molar-refractivity contribution in [3.63, 3.8) is 0 Å². The summed E-state index contributed by atoms with van der Waals surface area (Å²) in [5, 5.41) is 10.8. The second-order valence-electron chi connectivity index (χ2n) is 4.32. The summed E-state index contributed by atoms with van der Waals surface area (Å²) < 4.78 is 35.9. The predicted molar refractivity (Wildman–Crippen MR) is 58.5 cm³/mol. The summed E-state index contributed by atoms with van der Waals surface area (Å²) >= 11 is 0. The summed E-state index contributed by atoms with van der Waals surface area (Å²) in [6, 6.07) is 0.604. The number of likely N-dealkylation sites (tertiary alicyclic amines) is 1. The SMILES string of the molecule is N#CC(CC(=O)N1CCCCC1)NCC(F)(F)F. The van der Waals surface area contributed by atoms with E-state index in [2.05, 4.69) is 0 Å². The lowest BCUT2D eigenvalue weighted by Gasteiger charge is -2.27. The minimum Gasteiger partial charge on any atom is -0.343 e. The van der Waals surface area contributed by atoms with Crippen molar-refractivity contribution < 1.29 is 18.0 Å². The number of piperidine rings is 1. The zero-order chi connectivity index (χ0) is 13.6. The number of carbonyl (C=O) groups excluding carboxylic acids is 1. The lowest BCUT2D eigenvalue weighted by molar-refractivity contribution is -0.134. The molecule has 0 aromatic rings. The summed E-state index contributed by atoms with van der Waals surface area (Å²) in [4.78, 5) is 13.4. The van der Waals surface area contributed by atoms with Crippen molar-refractivity contribution in [2.75, 3.05) is 19.6 Å². The maximum Gasteiger partial charge on any atom is 0.401 e. The van der Waals surface area contributed by atoms with E-state index in [1.54, 1.807) is 11.0 Å². The van der Waals surface area contributed by atoms with Gasteiger partial charge in [-0.15, -0.1) is 0 Å². The molecule has 0 saturated carbocycles. The number of rotatable bonds is 4. The molecule has 1 heterocycles. The molecule has 1 aliphatic rings. The van der Waals surface area contributed by atoms with Gasteiger partial charge < -0.3 is 4.90 Å². The van der Waals surface area contributed by atoms with Crippen molar-refractivity contribution in [2.24, 2.45) is 0 Å². The normalized spacial score (nSPS) is 18.2. The maximum atomic E-state index is 12.0. The second kappa shape index (κ2) is 6.59. The van der Waals surface area contributed by atoms with Gasteiger partial charge in [-0.1, -0.05) is 0 Å². The molecule has 0 aromatic heterocycles. The Balaban J connectivity index is 2.38. The van der Waals surface area contributed by atoms with Crippen LogP contribution in [0.3, 0.4) is 0 Å². The Morgan fingerprint density at radius 3 is 2.44 bits per heavy atom. The third kappa shape index (κ3) is 5.36. The van der Waals surface area contributed by atoms with Crippen molar-refractivity contribution in [2.45, 2.75) is 37.9 Å². The molecule has 1 saturated heterocycles. The Morgan fingerprint density at radius 1 is 1.33 bits per heavy atom. The molecule has 1 fully saturated rings. The van der Waals surface area contributed by atoms with Crippen LogP contribution in [-0.2, 0) is 4.79 Å². The standard InChI is InChI=1S/C11H16F3N3O/c12-11(13,14)8-16-9(7-15)6-10(18)17-4-2-1-3-5-17/h9,16H,1-6,8H2. The zero-order valence-corrected chi connectivity index (χ0v) is 9.96. The van der Waals surface area contributed by atoms with Crippen molar-refractivity contribution in [1.29, 1.82) is 5.26 Å². The van der Waals surface area contributed by atoms with E-state index in [0.717, 1.165) is 19.3 Å². The monoisotopic (exact) mass is 263 g/mol. The lowest BCUT2D eigenvalue weighted by Crippen LogP contribution is -2.42. The van der Waals surface area contributed by atoms with E-state index in [4.69, 9.17) is 5.26 Å². The Labute approximate surface area is 104 Å². The predicted octanol–water partition coefficient (Wildman–Crippen LogP) is 1.43. The van der Waals surface area contributed by atoms with Gasteiger partial charge in [-0.05, 0) is 19.3 Å². The highest BCUT2D eigenvalue weighted by atomic mass is 19.4. The van der Waals surface area contributed by atoms with Gasteiger partial charge >= 0.3 is 6.18 Å². The fraction of sp³-hybridized carbons (Fsp3) is 0.818. The first-order valence-electron chi connectivity index (χ1n) is 5.90. The Morgan fingerprint density at radius 2 is 1.94 bits per heavy atom. The van der Waals surface area contributed by atoms with E-state index >= 15 is 0 Å². The summed E-state index contributed by atoms with van der Waals surface area (Å²) in [7, 11) is 0. The van der Waals surface area contributed by atoms with E-state index in [1.807, 2.05) is 5.32 Å². The number of hydrogen-bond acceptors (Lipinski definition) is 3. The van der Waals surface area contributed by atoms with Crippen LogP contribution in [-0.4, -0.2) is 42.7 Å². The molecular weight excluding hydrogens is 247 g/mol. The fourth-order valence-electron chi connectivity index (χ4n) is 1.85. The first kappa shape index (κ1) is 14.8. The molecule has 0 aliphatic carbocycles. The Hall–Kier alpha value is -1.29. The van der Waals surface area contributed by atoms with Crippen LogP contribution in [0.1, 0.15) is 25.7 Å². The van der Waals surface area contributed by atoms with Crippen molar-refractivity contribution in [1.82, 2.24) is 10.2 Å². The minimum absolute atomic E-state index is 0.202. The van der Waals surface area contributed by atoms with Gasteiger partial charge in [0.05, 0.1) is 19.0 Å². The van der Waals surface area contributed by atoms with Gasteiger partial charge in [0.2, 0.25) is 5.91 Å². The average Bonchev–Trinajstić information content (AvgIpc) is 2.34. The molecule has 1 N–H and O–H groups in total. The highest BCUT2D eigenvalue weighted by molar-refractivity contribution is 5.77. The first-order chi connectivity index (χ1) is 8.42. The molecule has 0 radical (unpaired) electrons. The topological polar surface area (TPSA) is 56.1 Å². The number of hydrogen-bond donors (Lipinski definition) is 1. The number of nitrogens with one attached hydrogen (secondary N) is 1. The molecule has 4 nitrogen and oxygen atoms in total. The van der Waals surface area contributed by atoms with Crippen molar-refractivity contribution in [3.8, 4) is 6.07 Å². The van der Waals surface area contributed by atoms with Crippen molar-refractivity contribution >= 4 is 5.91 Å². The fourth-order valence-corrected chi connectivity index (χ4v) is 1.85. The third-order valence-electron chi connectivity index (χ3n) is 2.79. The van der Waals surface area contributed by atoms with Crippen LogP contribution >= 0.6 is 0 Å². The van der Waals surface area contributed by atoms with Gasteiger partial charge in [-0.2, -0.15) is 18.4 Å². The van der Waals surface area contributed by atoms with Gasteiger partial charge in [0.25, 0.3) is 0 Å². The van der Waals surface area contributed by atoms with Crippen LogP contribution in [0.25, 0.3) is 0 Å².